The normalized spacial score (nSPS) is 12.8. The van der Waals surface area contributed by atoms with Crippen molar-refractivity contribution in [2.24, 2.45) is 5.16 Å². The molecule has 0 spiro atoms. The van der Waals surface area contributed by atoms with Crippen LogP contribution < -0.4 is 5.32 Å². The Balaban J connectivity index is 1.63. The van der Waals surface area contributed by atoms with E-state index < -0.39 is 11.7 Å². The van der Waals surface area contributed by atoms with E-state index in [2.05, 4.69) is 15.5 Å². The van der Waals surface area contributed by atoms with Gasteiger partial charge in [-0.3, -0.25) is 9.78 Å². The molecule has 0 saturated heterocycles. The molecule has 3 aromatic carbocycles. The van der Waals surface area contributed by atoms with E-state index in [4.69, 9.17) is 5.21 Å². The van der Waals surface area contributed by atoms with E-state index in [1.807, 2.05) is 18.2 Å². The molecule has 4 aromatic rings. The van der Waals surface area contributed by atoms with E-state index in [1.165, 1.54) is 18.2 Å². The van der Waals surface area contributed by atoms with Gasteiger partial charge in [0, 0.05) is 34.9 Å². The number of alkyl halides is 3. The second-order valence-corrected chi connectivity index (χ2v) is 8.17. The molecule has 0 fully saturated rings. The first-order valence-electron chi connectivity index (χ1n) is 11.3. The molecule has 1 heterocycles. The summed E-state index contributed by atoms with van der Waals surface area (Å²) >= 11 is 0. The number of hydrogen-bond acceptors (Lipinski definition) is 4. The fourth-order valence-electron chi connectivity index (χ4n) is 3.78. The highest BCUT2D eigenvalue weighted by Crippen LogP contribution is 2.31. The topological polar surface area (TPSA) is 74.6 Å². The van der Waals surface area contributed by atoms with Gasteiger partial charge in [-0.25, -0.2) is 0 Å². The summed E-state index contributed by atoms with van der Waals surface area (Å²) in [5.74, 6) is -0.363. The molecular formula is C29H22F3N3O2. The molecule has 5 nitrogen and oxygen atoms in total. The predicted molar refractivity (Wildman–Crippen MR) is 138 cm³/mol. The van der Waals surface area contributed by atoms with E-state index in [0.717, 1.165) is 22.9 Å². The number of aromatic nitrogens is 1. The quantitative estimate of drug-likeness (QED) is 0.0975. The number of nitrogens with zero attached hydrogens (tertiary/aromatic N) is 2. The molecule has 0 saturated carbocycles. The van der Waals surface area contributed by atoms with Crippen molar-refractivity contribution in [3.05, 3.63) is 126 Å². The van der Waals surface area contributed by atoms with Crippen molar-refractivity contribution < 1.29 is 23.2 Å². The molecule has 0 radical (unpaired) electrons. The third-order valence-electron chi connectivity index (χ3n) is 5.74. The van der Waals surface area contributed by atoms with Crippen molar-refractivity contribution in [2.45, 2.75) is 13.1 Å². The van der Waals surface area contributed by atoms with Crippen LogP contribution in [0.5, 0.6) is 0 Å². The molecule has 1 amide bonds. The average molecular weight is 502 g/mol. The van der Waals surface area contributed by atoms with Crippen LogP contribution in [0.15, 0.2) is 109 Å². The summed E-state index contributed by atoms with van der Waals surface area (Å²) in [7, 11) is 0. The molecule has 186 valence electrons. The number of oxime groups is 1. The minimum atomic E-state index is -4.44. The van der Waals surface area contributed by atoms with Crippen LogP contribution in [0.25, 0.3) is 16.3 Å². The van der Waals surface area contributed by atoms with Gasteiger partial charge in [0.1, 0.15) is 0 Å². The lowest BCUT2D eigenvalue weighted by Crippen LogP contribution is -2.08. The van der Waals surface area contributed by atoms with Crippen molar-refractivity contribution in [1.82, 2.24) is 4.98 Å². The summed E-state index contributed by atoms with van der Waals surface area (Å²) in [5, 5.41) is 16.8. The zero-order valence-electron chi connectivity index (χ0n) is 19.7. The minimum Gasteiger partial charge on any atom is -0.411 e. The Morgan fingerprint density at radius 2 is 1.59 bits per heavy atom. The van der Waals surface area contributed by atoms with Gasteiger partial charge in [-0.05, 0) is 53.5 Å². The number of nitrogens with one attached hydrogen (secondary N) is 1. The molecule has 4 rings (SSSR count). The van der Waals surface area contributed by atoms with E-state index in [0.29, 0.717) is 33.7 Å². The van der Waals surface area contributed by atoms with Crippen LogP contribution >= 0.6 is 0 Å². The van der Waals surface area contributed by atoms with E-state index in [1.54, 1.807) is 61.8 Å². The van der Waals surface area contributed by atoms with Crippen LogP contribution in [-0.4, -0.2) is 21.8 Å². The van der Waals surface area contributed by atoms with Gasteiger partial charge in [-0.2, -0.15) is 13.2 Å². The van der Waals surface area contributed by atoms with Crippen LogP contribution in [0.1, 0.15) is 29.2 Å². The molecule has 0 aliphatic carbocycles. The molecule has 0 aliphatic rings. The van der Waals surface area contributed by atoms with Crippen molar-refractivity contribution >= 4 is 33.7 Å². The Kier molecular flexibility index (Phi) is 7.48. The van der Waals surface area contributed by atoms with Gasteiger partial charge in [0.05, 0.1) is 11.3 Å². The largest absolute Gasteiger partial charge is 0.416 e. The van der Waals surface area contributed by atoms with Gasteiger partial charge in [0.2, 0.25) is 5.91 Å². The van der Waals surface area contributed by atoms with Crippen LogP contribution in [0.2, 0.25) is 0 Å². The van der Waals surface area contributed by atoms with Crippen LogP contribution in [0, 0.1) is 0 Å². The second kappa shape index (κ2) is 10.9. The maximum atomic E-state index is 13.1. The summed E-state index contributed by atoms with van der Waals surface area (Å²) in [6.07, 6.45) is 3.47. The molecule has 1 aromatic heterocycles. The fourth-order valence-corrected chi connectivity index (χ4v) is 3.78. The van der Waals surface area contributed by atoms with Crippen molar-refractivity contribution in [3.63, 3.8) is 0 Å². The van der Waals surface area contributed by atoms with Gasteiger partial charge in [-0.15, -0.1) is 0 Å². The molecule has 0 atom stereocenters. The van der Waals surface area contributed by atoms with E-state index in [-0.39, 0.29) is 5.91 Å². The zero-order chi connectivity index (χ0) is 26.4. The number of benzene rings is 3. The lowest BCUT2D eigenvalue weighted by Gasteiger charge is -2.11. The SMILES string of the molecule is C/C(=N\O)c1ccc(C(=CC=CC(=O)Nc2cccc3cnccc23)c2ccc(C(F)(F)F)cc2)cc1. The number of allylic oxidation sites excluding steroid dienone is 2. The number of pyridine rings is 1. The lowest BCUT2D eigenvalue weighted by molar-refractivity contribution is -0.137. The first-order chi connectivity index (χ1) is 17.8. The average Bonchev–Trinajstić information content (AvgIpc) is 2.91. The number of fused-ring (bicyclic) bond motifs is 1. The molecule has 2 N–H and O–H groups in total. The highest BCUT2D eigenvalue weighted by atomic mass is 19.4. The van der Waals surface area contributed by atoms with Crippen molar-refractivity contribution in [2.75, 3.05) is 5.32 Å². The molecule has 0 bridgehead atoms. The highest BCUT2D eigenvalue weighted by molar-refractivity contribution is 6.06. The Morgan fingerprint density at radius 1 is 0.946 bits per heavy atom. The summed E-state index contributed by atoms with van der Waals surface area (Å²) in [4.78, 5) is 16.7. The second-order valence-electron chi connectivity index (χ2n) is 8.17. The number of hydrogen-bond donors (Lipinski definition) is 2. The summed E-state index contributed by atoms with van der Waals surface area (Å²) < 4.78 is 39.2. The predicted octanol–water partition coefficient (Wildman–Crippen LogP) is 7.08. The van der Waals surface area contributed by atoms with Crippen molar-refractivity contribution in [3.8, 4) is 0 Å². The number of carbonyl (C=O) groups excluding carboxylic acids is 1. The fraction of sp³-hybridized carbons (Fsp3) is 0.0690. The molecule has 37 heavy (non-hydrogen) atoms. The molecular weight excluding hydrogens is 479 g/mol. The van der Waals surface area contributed by atoms with Gasteiger partial charge >= 0.3 is 6.18 Å². The third kappa shape index (κ3) is 6.10. The minimum absolute atomic E-state index is 0.363. The number of anilines is 1. The Labute approximate surface area is 211 Å². The summed E-state index contributed by atoms with van der Waals surface area (Å²) in [5.41, 5.74) is 2.87. The first-order valence-corrected chi connectivity index (χ1v) is 11.3. The smallest absolute Gasteiger partial charge is 0.411 e. The van der Waals surface area contributed by atoms with Crippen LogP contribution in [0.4, 0.5) is 18.9 Å². The molecule has 0 unspecified atom stereocenters. The Morgan fingerprint density at radius 3 is 2.24 bits per heavy atom. The van der Waals surface area contributed by atoms with Gasteiger partial charge in [0.15, 0.2) is 0 Å². The van der Waals surface area contributed by atoms with Crippen LogP contribution in [-0.2, 0) is 11.0 Å². The highest BCUT2D eigenvalue weighted by Gasteiger charge is 2.30. The summed E-state index contributed by atoms with van der Waals surface area (Å²) in [6.45, 7) is 1.65. The number of rotatable bonds is 6. The third-order valence-corrected chi connectivity index (χ3v) is 5.74. The molecule has 8 heteroatoms. The Bertz CT molecular complexity index is 1500. The monoisotopic (exact) mass is 501 g/mol. The number of halogens is 3. The Hall–Kier alpha value is -4.72. The number of carbonyl (C=O) groups is 1. The van der Waals surface area contributed by atoms with Gasteiger partial charge in [-0.1, -0.05) is 65.8 Å². The van der Waals surface area contributed by atoms with Crippen LogP contribution in [0.3, 0.4) is 0 Å². The maximum absolute atomic E-state index is 13.1. The standard InChI is InChI=1S/C29H22F3N3O2/c1-19(35-37)20-8-10-21(11-9-20)25(22-12-14-24(15-13-22)29(30,31)32)5-3-7-28(36)34-27-6-2-4-23-18-33-17-16-26(23)27/h2-18,37H,1H3,(H,34,36)/b7-3?,25-5?,35-19+. The van der Waals surface area contributed by atoms with E-state index in [9.17, 15) is 18.0 Å². The zero-order valence-corrected chi connectivity index (χ0v) is 19.7. The van der Waals surface area contributed by atoms with Gasteiger partial charge in [0.25, 0.3) is 0 Å². The molecule has 0 aliphatic heterocycles. The number of amides is 1. The summed E-state index contributed by atoms with van der Waals surface area (Å²) in [6, 6.07) is 19.2. The lowest BCUT2D eigenvalue weighted by atomic mass is 9.95. The van der Waals surface area contributed by atoms with E-state index >= 15 is 0 Å². The van der Waals surface area contributed by atoms with Gasteiger partial charge < -0.3 is 10.5 Å². The maximum Gasteiger partial charge on any atom is 0.416 e. The first kappa shape index (κ1) is 25.4. The van der Waals surface area contributed by atoms with Crippen molar-refractivity contribution in [1.29, 1.82) is 0 Å².